The lowest BCUT2D eigenvalue weighted by Gasteiger charge is -2.14. The Morgan fingerprint density at radius 2 is 1.05 bits per heavy atom. The van der Waals surface area contributed by atoms with Crippen LogP contribution in [0.25, 0.3) is 11.1 Å². The van der Waals surface area contributed by atoms with Crippen LogP contribution >= 0.6 is 0 Å². The molecule has 0 saturated carbocycles. The molecule has 0 aliphatic rings. The highest BCUT2D eigenvalue weighted by Crippen LogP contribution is 2.30. The maximum Gasteiger partial charge on any atom is 0.335 e. The summed E-state index contributed by atoms with van der Waals surface area (Å²) in [5, 5.41) is 37.8. The summed E-state index contributed by atoms with van der Waals surface area (Å²) in [4.78, 5) is 46.2. The zero-order valence-electron chi connectivity index (χ0n) is 19.9. The molecule has 8 heteroatoms. The number of aromatic carboxylic acids is 4. The van der Waals surface area contributed by atoms with Crippen molar-refractivity contribution < 1.29 is 39.6 Å². The molecule has 4 aromatic carbocycles. The van der Waals surface area contributed by atoms with Gasteiger partial charge in [-0.05, 0) is 94.8 Å². The van der Waals surface area contributed by atoms with E-state index in [9.17, 15) is 34.5 Å². The third kappa shape index (κ3) is 5.93. The van der Waals surface area contributed by atoms with Gasteiger partial charge in [-0.15, -0.1) is 0 Å². The Kier molecular flexibility index (Phi) is 7.34. The smallest absolute Gasteiger partial charge is 0.335 e. The van der Waals surface area contributed by atoms with Crippen molar-refractivity contribution in [3.63, 3.8) is 0 Å². The molecule has 0 unspecified atom stereocenters. The van der Waals surface area contributed by atoms with Crippen LogP contribution in [0, 0.1) is 0 Å². The van der Waals surface area contributed by atoms with E-state index in [0.717, 1.165) is 11.1 Å². The van der Waals surface area contributed by atoms with E-state index in [2.05, 4.69) is 0 Å². The minimum absolute atomic E-state index is 0.00405. The number of rotatable bonds is 9. The second kappa shape index (κ2) is 10.8. The number of hydrogen-bond acceptors (Lipinski definition) is 4. The Balaban J connectivity index is 1.80. The highest BCUT2D eigenvalue weighted by atomic mass is 16.4. The van der Waals surface area contributed by atoms with Gasteiger partial charge in [-0.1, -0.05) is 36.4 Å². The Hall–Kier alpha value is -5.24. The molecule has 4 rings (SSSR count). The Morgan fingerprint density at radius 3 is 1.68 bits per heavy atom. The van der Waals surface area contributed by atoms with Crippen molar-refractivity contribution >= 4 is 23.9 Å². The van der Waals surface area contributed by atoms with Crippen molar-refractivity contribution in [3.05, 3.63) is 129 Å². The molecule has 4 aromatic rings. The van der Waals surface area contributed by atoms with Crippen molar-refractivity contribution in [1.82, 2.24) is 0 Å². The molecule has 0 fully saturated rings. The second-order valence-electron chi connectivity index (χ2n) is 8.76. The summed E-state index contributed by atoms with van der Waals surface area (Å²) in [6, 6.07) is 22.0. The fourth-order valence-electron chi connectivity index (χ4n) is 4.24. The van der Waals surface area contributed by atoms with Crippen LogP contribution in [0.1, 0.15) is 63.7 Å². The van der Waals surface area contributed by atoms with E-state index in [0.29, 0.717) is 28.7 Å². The molecule has 0 bridgehead atoms. The average Bonchev–Trinajstić information content (AvgIpc) is 2.89. The number of carboxylic acid groups (broad SMARTS) is 4. The molecule has 0 spiro atoms. The van der Waals surface area contributed by atoms with Crippen LogP contribution in [-0.2, 0) is 12.8 Å². The summed E-state index contributed by atoms with van der Waals surface area (Å²) in [6.45, 7) is 0. The van der Waals surface area contributed by atoms with Gasteiger partial charge in [0.25, 0.3) is 0 Å². The van der Waals surface area contributed by atoms with Gasteiger partial charge in [0.1, 0.15) is 0 Å². The van der Waals surface area contributed by atoms with Crippen molar-refractivity contribution in [2.75, 3.05) is 0 Å². The zero-order chi connectivity index (χ0) is 27.4. The lowest BCUT2D eigenvalue weighted by atomic mass is 9.90. The minimum atomic E-state index is -1.16. The van der Waals surface area contributed by atoms with E-state index < -0.39 is 23.9 Å². The van der Waals surface area contributed by atoms with Gasteiger partial charge < -0.3 is 20.4 Å². The topological polar surface area (TPSA) is 149 Å². The molecule has 0 atom stereocenters. The summed E-state index contributed by atoms with van der Waals surface area (Å²) >= 11 is 0. The van der Waals surface area contributed by atoms with Gasteiger partial charge in [0, 0.05) is 0 Å². The summed E-state index contributed by atoms with van der Waals surface area (Å²) in [5.74, 6) is -4.41. The predicted molar refractivity (Wildman–Crippen MR) is 138 cm³/mol. The van der Waals surface area contributed by atoms with Crippen LogP contribution < -0.4 is 0 Å². The van der Waals surface area contributed by atoms with Crippen LogP contribution in [0.3, 0.4) is 0 Å². The van der Waals surface area contributed by atoms with E-state index >= 15 is 0 Å². The molecule has 0 heterocycles. The molecule has 0 amide bonds. The molecule has 38 heavy (non-hydrogen) atoms. The quantitative estimate of drug-likeness (QED) is 0.236. The summed E-state index contributed by atoms with van der Waals surface area (Å²) in [7, 11) is 0. The van der Waals surface area contributed by atoms with Gasteiger partial charge in [0.15, 0.2) is 0 Å². The van der Waals surface area contributed by atoms with Crippen LogP contribution in [0.15, 0.2) is 84.9 Å². The minimum Gasteiger partial charge on any atom is -0.478 e. The van der Waals surface area contributed by atoms with E-state index in [1.54, 1.807) is 36.4 Å². The second-order valence-corrected chi connectivity index (χ2v) is 8.76. The first-order chi connectivity index (χ1) is 18.1. The maximum absolute atomic E-state index is 12.0. The van der Waals surface area contributed by atoms with Crippen LogP contribution in [0.4, 0.5) is 0 Å². The molecule has 0 saturated heterocycles. The first kappa shape index (κ1) is 25.8. The van der Waals surface area contributed by atoms with Crippen molar-refractivity contribution in [2.24, 2.45) is 0 Å². The number of carboxylic acids is 4. The van der Waals surface area contributed by atoms with E-state index in [1.165, 1.54) is 48.5 Å². The van der Waals surface area contributed by atoms with E-state index in [4.69, 9.17) is 5.11 Å². The third-order valence-electron chi connectivity index (χ3n) is 6.09. The highest BCUT2D eigenvalue weighted by Gasteiger charge is 2.16. The molecule has 4 N–H and O–H groups in total. The molecule has 0 radical (unpaired) electrons. The summed E-state index contributed by atoms with van der Waals surface area (Å²) in [6.07, 6.45) is 0.613. The molecule has 8 nitrogen and oxygen atoms in total. The van der Waals surface area contributed by atoms with Gasteiger partial charge in [-0.2, -0.15) is 0 Å². The first-order valence-corrected chi connectivity index (χ1v) is 11.5. The fourth-order valence-corrected chi connectivity index (χ4v) is 4.24. The number of benzene rings is 4. The maximum atomic E-state index is 12.0. The molecule has 0 aromatic heterocycles. The zero-order valence-corrected chi connectivity index (χ0v) is 19.9. The van der Waals surface area contributed by atoms with Gasteiger partial charge in [-0.3, -0.25) is 0 Å². The Morgan fingerprint density at radius 1 is 0.474 bits per heavy atom. The lowest BCUT2D eigenvalue weighted by Crippen LogP contribution is -2.03. The van der Waals surface area contributed by atoms with Gasteiger partial charge in [-0.25, -0.2) is 19.2 Å². The van der Waals surface area contributed by atoms with Crippen molar-refractivity contribution in [3.8, 4) is 11.1 Å². The van der Waals surface area contributed by atoms with Crippen LogP contribution in [0.5, 0.6) is 0 Å². The molecular formula is C30H22O8. The third-order valence-corrected chi connectivity index (χ3v) is 6.09. The molecule has 0 aliphatic heterocycles. The Bertz CT molecular complexity index is 1570. The largest absolute Gasteiger partial charge is 0.478 e. The van der Waals surface area contributed by atoms with Crippen molar-refractivity contribution in [1.29, 1.82) is 0 Å². The fraction of sp³-hybridized carbons (Fsp3) is 0.0667. The monoisotopic (exact) mass is 510 g/mol. The molecule has 190 valence electrons. The predicted octanol–water partition coefficient (Wildman–Crippen LogP) is 5.33. The molecular weight excluding hydrogens is 488 g/mol. The highest BCUT2D eigenvalue weighted by molar-refractivity contribution is 5.93. The van der Waals surface area contributed by atoms with Crippen molar-refractivity contribution in [2.45, 2.75) is 12.8 Å². The summed E-state index contributed by atoms with van der Waals surface area (Å²) < 4.78 is 0. The van der Waals surface area contributed by atoms with E-state index in [-0.39, 0.29) is 28.7 Å². The first-order valence-electron chi connectivity index (χ1n) is 11.5. The summed E-state index contributed by atoms with van der Waals surface area (Å²) in [5.41, 5.74) is 4.11. The lowest BCUT2D eigenvalue weighted by molar-refractivity contribution is 0.0686. The SMILES string of the molecule is O=C(O)c1ccc(Cc2ccc(C(=O)O)cc2-c2cc(Cc3cccc(C(=O)O)c3)cc(C(=O)O)c2)cc1. The van der Waals surface area contributed by atoms with Crippen LogP contribution in [-0.4, -0.2) is 44.3 Å². The van der Waals surface area contributed by atoms with Gasteiger partial charge in [0.05, 0.1) is 22.3 Å². The van der Waals surface area contributed by atoms with Gasteiger partial charge >= 0.3 is 23.9 Å². The number of carbonyl (C=O) groups is 4. The molecule has 0 aliphatic carbocycles. The van der Waals surface area contributed by atoms with Crippen LogP contribution in [0.2, 0.25) is 0 Å². The Labute approximate surface area is 217 Å². The normalized spacial score (nSPS) is 10.6. The average molecular weight is 510 g/mol. The standard InChI is InChI=1S/C30H22O8/c31-27(32)20-6-4-17(5-7-20)11-21-8-9-23(29(35)36)16-26(21)24-13-19(14-25(15-24)30(37)38)10-18-2-1-3-22(12-18)28(33)34/h1-9,12-16H,10-11H2,(H,31,32)(H,33,34)(H,35,36)(H,37,38). The van der Waals surface area contributed by atoms with Gasteiger partial charge in [0.2, 0.25) is 0 Å². The number of hydrogen-bond donors (Lipinski definition) is 4. The van der Waals surface area contributed by atoms with E-state index in [1.807, 2.05) is 0 Å².